The molecule has 18 heavy (non-hydrogen) atoms. The van der Waals surface area contributed by atoms with E-state index < -0.39 is 10.0 Å². The molecule has 2 aromatic rings. The van der Waals surface area contributed by atoms with Gasteiger partial charge in [0.15, 0.2) is 0 Å². The van der Waals surface area contributed by atoms with E-state index in [0.29, 0.717) is 0 Å². The average Bonchev–Trinajstić information content (AvgIpc) is 2.39. The summed E-state index contributed by atoms with van der Waals surface area (Å²) in [6.07, 6.45) is 5.08. The Balaban J connectivity index is 2.25. The topological polar surface area (TPSA) is 136 Å². The molecule has 0 amide bonds. The summed E-state index contributed by atoms with van der Waals surface area (Å²) in [4.78, 5) is 14.8. The van der Waals surface area contributed by atoms with E-state index in [0.717, 1.165) is 12.4 Å². The van der Waals surface area contributed by atoms with Gasteiger partial charge in [0, 0.05) is 12.4 Å². The Morgan fingerprint density at radius 2 is 1.61 bits per heavy atom. The largest absolute Gasteiger partial charge is 0.292 e. The minimum absolute atomic E-state index is 0.0291. The third kappa shape index (κ3) is 2.67. The molecule has 0 aromatic carbocycles. The van der Waals surface area contributed by atoms with Gasteiger partial charge in [0.1, 0.15) is 4.90 Å². The molecule has 0 bridgehead atoms. The van der Waals surface area contributed by atoms with Crippen molar-refractivity contribution >= 4 is 21.9 Å². The highest BCUT2D eigenvalue weighted by Crippen LogP contribution is 2.10. The third-order valence-electron chi connectivity index (χ3n) is 1.86. The molecular weight excluding hydrogens is 258 g/mol. The van der Waals surface area contributed by atoms with Gasteiger partial charge in [-0.1, -0.05) is 0 Å². The number of hydrogen-bond acceptors (Lipinski definition) is 8. The van der Waals surface area contributed by atoms with Crippen LogP contribution in [0.15, 0.2) is 35.7 Å². The molecule has 0 saturated carbocycles. The summed E-state index contributed by atoms with van der Waals surface area (Å²) in [5.74, 6) is 5.16. The van der Waals surface area contributed by atoms with Crippen LogP contribution in [0.2, 0.25) is 0 Å². The van der Waals surface area contributed by atoms with Crippen LogP contribution >= 0.6 is 0 Å². The van der Waals surface area contributed by atoms with Gasteiger partial charge < -0.3 is 0 Å². The number of sulfonamides is 1. The van der Waals surface area contributed by atoms with Gasteiger partial charge in [-0.3, -0.25) is 5.43 Å². The van der Waals surface area contributed by atoms with Crippen molar-refractivity contribution in [2.75, 3.05) is 10.1 Å². The van der Waals surface area contributed by atoms with Gasteiger partial charge in [-0.05, 0) is 6.07 Å². The second-order valence-corrected chi connectivity index (χ2v) is 4.75. The first-order valence-corrected chi connectivity index (χ1v) is 6.18. The molecule has 0 fully saturated rings. The van der Waals surface area contributed by atoms with Crippen LogP contribution in [0.3, 0.4) is 0 Å². The van der Waals surface area contributed by atoms with Crippen LogP contribution in [0.1, 0.15) is 0 Å². The lowest BCUT2D eigenvalue weighted by molar-refractivity contribution is 0.600. The van der Waals surface area contributed by atoms with Crippen LogP contribution in [-0.4, -0.2) is 28.4 Å². The highest BCUT2D eigenvalue weighted by atomic mass is 32.2. The minimum Gasteiger partial charge on any atom is -0.292 e. The number of rotatable bonds is 4. The maximum atomic E-state index is 11.9. The quantitative estimate of drug-likeness (QED) is 0.491. The second-order valence-electron chi connectivity index (χ2n) is 3.06. The zero-order valence-electron chi connectivity index (χ0n) is 8.98. The van der Waals surface area contributed by atoms with Crippen molar-refractivity contribution in [2.24, 2.45) is 5.84 Å². The van der Waals surface area contributed by atoms with Crippen molar-refractivity contribution in [3.05, 3.63) is 30.9 Å². The molecule has 0 radical (unpaired) electrons. The molecule has 0 aliphatic rings. The van der Waals surface area contributed by atoms with Gasteiger partial charge in [0.25, 0.3) is 10.0 Å². The van der Waals surface area contributed by atoms with E-state index in [1.807, 2.05) is 0 Å². The maximum Gasteiger partial charge on any atom is 0.267 e. The van der Waals surface area contributed by atoms with Crippen LogP contribution in [0.25, 0.3) is 0 Å². The van der Waals surface area contributed by atoms with Gasteiger partial charge in [-0.25, -0.2) is 38.9 Å². The molecule has 2 rings (SSSR count). The Hall–Kier alpha value is -2.33. The van der Waals surface area contributed by atoms with Crippen LogP contribution in [0.4, 0.5) is 11.9 Å². The lowest BCUT2D eigenvalue weighted by atomic mass is 10.7. The zero-order chi connectivity index (χ0) is 13.0. The Morgan fingerprint density at radius 3 is 2.17 bits per heavy atom. The summed E-state index contributed by atoms with van der Waals surface area (Å²) in [5.41, 5.74) is 2.19. The highest BCUT2D eigenvalue weighted by Gasteiger charge is 2.16. The predicted octanol–water partition coefficient (Wildman–Crippen LogP) is -0.647. The lowest BCUT2D eigenvalue weighted by Crippen LogP contribution is -2.16. The van der Waals surface area contributed by atoms with Crippen molar-refractivity contribution in [2.45, 2.75) is 4.90 Å². The number of nitrogens with two attached hydrogens (primary N) is 1. The van der Waals surface area contributed by atoms with Crippen LogP contribution in [-0.2, 0) is 10.0 Å². The molecule has 0 aliphatic carbocycles. The van der Waals surface area contributed by atoms with E-state index >= 15 is 0 Å². The van der Waals surface area contributed by atoms with Crippen LogP contribution in [0.5, 0.6) is 0 Å². The first-order chi connectivity index (χ1) is 8.62. The first kappa shape index (κ1) is 12.1. The zero-order valence-corrected chi connectivity index (χ0v) is 9.79. The normalized spacial score (nSPS) is 10.9. The molecule has 0 spiro atoms. The molecule has 0 atom stereocenters. The third-order valence-corrected chi connectivity index (χ3v) is 3.14. The molecule has 0 unspecified atom stereocenters. The number of anilines is 2. The summed E-state index contributed by atoms with van der Waals surface area (Å²) in [5, 5.41) is 0. The van der Waals surface area contributed by atoms with Crippen LogP contribution in [0, 0.1) is 0 Å². The van der Waals surface area contributed by atoms with E-state index in [-0.39, 0.29) is 16.8 Å². The summed E-state index contributed by atoms with van der Waals surface area (Å²) in [7, 11) is -3.81. The molecule has 4 N–H and O–H groups in total. The van der Waals surface area contributed by atoms with Crippen molar-refractivity contribution in [1.29, 1.82) is 0 Å². The Bertz CT molecular complexity index is 614. The van der Waals surface area contributed by atoms with Gasteiger partial charge >= 0.3 is 0 Å². The number of nitrogen functional groups attached to an aromatic ring is 1. The van der Waals surface area contributed by atoms with Gasteiger partial charge in [-0.15, -0.1) is 0 Å². The Kier molecular flexibility index (Phi) is 3.30. The predicted molar refractivity (Wildman–Crippen MR) is 62.7 cm³/mol. The fourth-order valence-corrected chi connectivity index (χ4v) is 1.91. The first-order valence-electron chi connectivity index (χ1n) is 4.70. The van der Waals surface area contributed by atoms with Crippen LogP contribution < -0.4 is 16.0 Å². The average molecular weight is 267 g/mol. The fourth-order valence-electron chi connectivity index (χ4n) is 1.06. The van der Waals surface area contributed by atoms with Gasteiger partial charge in [-0.2, -0.15) is 0 Å². The van der Waals surface area contributed by atoms with Crippen molar-refractivity contribution in [3.63, 3.8) is 0 Å². The van der Waals surface area contributed by atoms with Crippen molar-refractivity contribution in [1.82, 2.24) is 19.9 Å². The molecule has 9 nitrogen and oxygen atoms in total. The molecule has 0 aliphatic heterocycles. The second kappa shape index (κ2) is 4.89. The minimum atomic E-state index is -3.81. The monoisotopic (exact) mass is 267 g/mol. The number of hydrogen-bond donors (Lipinski definition) is 3. The molecular formula is C8H9N7O2S. The van der Waals surface area contributed by atoms with E-state index in [1.165, 1.54) is 12.4 Å². The van der Waals surface area contributed by atoms with Gasteiger partial charge in [0.2, 0.25) is 11.9 Å². The molecule has 2 aromatic heterocycles. The van der Waals surface area contributed by atoms with E-state index in [4.69, 9.17) is 5.84 Å². The smallest absolute Gasteiger partial charge is 0.267 e. The van der Waals surface area contributed by atoms with Crippen molar-refractivity contribution < 1.29 is 8.42 Å². The van der Waals surface area contributed by atoms with E-state index in [9.17, 15) is 8.42 Å². The molecule has 10 heteroatoms. The number of hydrazine groups is 1. The highest BCUT2D eigenvalue weighted by molar-refractivity contribution is 7.92. The maximum absolute atomic E-state index is 11.9. The standard InChI is InChI=1S/C8H9N7O2S/c9-14-7-12-4-6(5-13-7)18(16,17)15-8-10-2-1-3-11-8/h1-5H,9H2,(H,10,11,15)(H,12,13,14). The van der Waals surface area contributed by atoms with E-state index in [2.05, 4.69) is 30.1 Å². The fraction of sp³-hybridized carbons (Fsp3) is 0. The summed E-state index contributed by atoms with van der Waals surface area (Å²) < 4.78 is 25.9. The van der Waals surface area contributed by atoms with E-state index in [1.54, 1.807) is 6.07 Å². The lowest BCUT2D eigenvalue weighted by Gasteiger charge is -2.05. The number of nitrogens with one attached hydrogen (secondary N) is 2. The SMILES string of the molecule is NNc1ncc(S(=O)(=O)Nc2ncccn2)cn1. The molecule has 0 saturated heterocycles. The Labute approximate surface area is 103 Å². The Morgan fingerprint density at radius 1 is 1.00 bits per heavy atom. The summed E-state index contributed by atoms with van der Waals surface area (Å²) in [6.45, 7) is 0. The van der Waals surface area contributed by atoms with Crippen molar-refractivity contribution in [3.8, 4) is 0 Å². The molecule has 94 valence electrons. The summed E-state index contributed by atoms with van der Waals surface area (Å²) in [6, 6.07) is 1.57. The number of nitrogens with zero attached hydrogens (tertiary/aromatic N) is 4. The van der Waals surface area contributed by atoms with Gasteiger partial charge in [0.05, 0.1) is 12.4 Å². The summed E-state index contributed by atoms with van der Waals surface area (Å²) >= 11 is 0. The molecule has 2 heterocycles. The number of aromatic nitrogens is 4.